The van der Waals surface area contributed by atoms with Crippen molar-refractivity contribution in [1.29, 1.82) is 0 Å². The van der Waals surface area contributed by atoms with E-state index < -0.39 is 0 Å². The summed E-state index contributed by atoms with van der Waals surface area (Å²) in [5.74, 6) is -0.722. The van der Waals surface area contributed by atoms with Crippen LogP contribution in [0.15, 0.2) is 65.7 Å². The summed E-state index contributed by atoms with van der Waals surface area (Å²) in [6.45, 7) is 2.16. The van der Waals surface area contributed by atoms with Crippen molar-refractivity contribution in [3.8, 4) is 0 Å². The molecule has 5 nitrogen and oxygen atoms in total. The molecule has 1 amide bonds. The third-order valence-electron chi connectivity index (χ3n) is 4.42. The number of hydrogen-bond acceptors (Lipinski definition) is 4. The van der Waals surface area contributed by atoms with E-state index in [1.807, 2.05) is 30.3 Å². The molecule has 0 bridgehead atoms. The molecule has 140 valence electrons. The summed E-state index contributed by atoms with van der Waals surface area (Å²) in [5.41, 5.74) is 1.90. The average molecular weight is 393 g/mol. The molecule has 28 heavy (non-hydrogen) atoms. The molecule has 0 unspecified atom stereocenters. The van der Waals surface area contributed by atoms with Crippen molar-refractivity contribution in [3.05, 3.63) is 93.1 Å². The summed E-state index contributed by atoms with van der Waals surface area (Å²) in [7, 11) is 0. The topological polar surface area (TPSA) is 64.0 Å². The number of carbonyl (C=O) groups is 1. The first-order valence-electron chi connectivity index (χ1n) is 8.62. The molecule has 4 rings (SSSR count). The molecule has 7 heteroatoms. The van der Waals surface area contributed by atoms with Crippen LogP contribution in [0.25, 0.3) is 10.2 Å². The van der Waals surface area contributed by atoms with Crippen molar-refractivity contribution < 1.29 is 9.18 Å². The smallest absolute Gasteiger partial charge is 0.266 e. The van der Waals surface area contributed by atoms with Crippen LogP contribution in [0.4, 0.5) is 10.1 Å². The lowest BCUT2D eigenvalue weighted by Gasteiger charge is -2.05. The number of rotatable bonds is 4. The first kappa shape index (κ1) is 18.1. The van der Waals surface area contributed by atoms with Crippen LogP contribution in [0.3, 0.4) is 0 Å². The first-order valence-corrected chi connectivity index (χ1v) is 9.44. The van der Waals surface area contributed by atoms with Gasteiger partial charge in [-0.25, -0.2) is 9.37 Å². The Morgan fingerprint density at radius 2 is 1.86 bits per heavy atom. The number of hydrogen-bond donors (Lipinski definition) is 1. The molecule has 2 aromatic carbocycles. The van der Waals surface area contributed by atoms with Crippen LogP contribution in [0.2, 0.25) is 0 Å². The number of fused-ring (bicyclic) bond motifs is 1. The fourth-order valence-electron chi connectivity index (χ4n) is 2.99. The SMILES string of the molecule is Cc1c(C(=O)Nc2ccc(F)cc2)sc2ncn(Cc3ccccc3)c(=O)c12. The molecule has 0 saturated carbocycles. The van der Waals surface area contributed by atoms with Crippen LogP contribution in [0.5, 0.6) is 0 Å². The molecular formula is C21H16FN3O2S. The molecule has 1 N–H and O–H groups in total. The highest BCUT2D eigenvalue weighted by Gasteiger charge is 2.19. The zero-order valence-electron chi connectivity index (χ0n) is 15.0. The first-order chi connectivity index (χ1) is 13.5. The molecule has 0 saturated heterocycles. The molecular weight excluding hydrogens is 377 g/mol. The summed E-state index contributed by atoms with van der Waals surface area (Å²) in [4.78, 5) is 30.9. The second-order valence-electron chi connectivity index (χ2n) is 6.36. The van der Waals surface area contributed by atoms with E-state index in [-0.39, 0.29) is 17.3 Å². The normalized spacial score (nSPS) is 10.9. The number of aryl methyl sites for hydroxylation is 1. The minimum atomic E-state index is -0.376. The Hall–Kier alpha value is -3.32. The van der Waals surface area contributed by atoms with Gasteiger partial charge in [0.25, 0.3) is 11.5 Å². The second kappa shape index (κ2) is 7.36. The Balaban J connectivity index is 1.68. The summed E-state index contributed by atoms with van der Waals surface area (Å²) in [5, 5.41) is 3.18. The maximum absolute atomic E-state index is 13.0. The van der Waals surface area contributed by atoms with Crippen molar-refractivity contribution >= 4 is 33.1 Å². The van der Waals surface area contributed by atoms with E-state index in [1.165, 1.54) is 41.9 Å². The monoisotopic (exact) mass is 393 g/mol. The zero-order valence-corrected chi connectivity index (χ0v) is 15.8. The van der Waals surface area contributed by atoms with Gasteiger partial charge in [-0.1, -0.05) is 30.3 Å². The van der Waals surface area contributed by atoms with E-state index in [0.29, 0.717) is 32.9 Å². The summed E-state index contributed by atoms with van der Waals surface area (Å²) in [6.07, 6.45) is 1.51. The zero-order chi connectivity index (χ0) is 19.7. The predicted octanol–water partition coefficient (Wildman–Crippen LogP) is 4.21. The van der Waals surface area contributed by atoms with Gasteiger partial charge in [0.15, 0.2) is 0 Å². The van der Waals surface area contributed by atoms with Crippen molar-refractivity contribution in [1.82, 2.24) is 9.55 Å². The van der Waals surface area contributed by atoms with Gasteiger partial charge in [-0.3, -0.25) is 14.2 Å². The summed E-state index contributed by atoms with van der Waals surface area (Å²) in [6, 6.07) is 15.2. The maximum atomic E-state index is 13.0. The lowest BCUT2D eigenvalue weighted by Crippen LogP contribution is -2.21. The van der Waals surface area contributed by atoms with E-state index in [1.54, 1.807) is 11.5 Å². The highest BCUT2D eigenvalue weighted by atomic mass is 32.1. The number of halogens is 1. The largest absolute Gasteiger partial charge is 0.321 e. The number of amides is 1. The molecule has 0 spiro atoms. The molecule has 4 aromatic rings. The van der Waals surface area contributed by atoms with Gasteiger partial charge in [0.2, 0.25) is 0 Å². The molecule has 0 aliphatic carbocycles. The summed E-state index contributed by atoms with van der Waals surface area (Å²) >= 11 is 1.17. The lowest BCUT2D eigenvalue weighted by atomic mass is 10.2. The number of thiophene rings is 1. The van der Waals surface area contributed by atoms with E-state index in [9.17, 15) is 14.0 Å². The highest BCUT2D eigenvalue weighted by Crippen LogP contribution is 2.27. The van der Waals surface area contributed by atoms with Crippen LogP contribution in [-0.2, 0) is 6.54 Å². The van der Waals surface area contributed by atoms with Gasteiger partial charge < -0.3 is 5.32 Å². The number of benzene rings is 2. The molecule has 0 aliphatic heterocycles. The van der Waals surface area contributed by atoms with Gasteiger partial charge >= 0.3 is 0 Å². The van der Waals surface area contributed by atoms with Gasteiger partial charge in [0.1, 0.15) is 10.6 Å². The quantitative estimate of drug-likeness (QED) is 0.565. The fraction of sp³-hybridized carbons (Fsp3) is 0.0952. The van der Waals surface area contributed by atoms with Crippen molar-refractivity contribution in [3.63, 3.8) is 0 Å². The molecule has 2 aromatic heterocycles. The van der Waals surface area contributed by atoms with E-state index in [2.05, 4.69) is 10.3 Å². The third kappa shape index (κ3) is 3.44. The van der Waals surface area contributed by atoms with E-state index >= 15 is 0 Å². The molecule has 0 atom stereocenters. The minimum absolute atomic E-state index is 0.177. The number of anilines is 1. The van der Waals surface area contributed by atoms with Crippen LogP contribution in [0.1, 0.15) is 20.8 Å². The fourth-order valence-corrected chi connectivity index (χ4v) is 4.02. The number of aromatic nitrogens is 2. The third-order valence-corrected chi connectivity index (χ3v) is 5.62. The van der Waals surface area contributed by atoms with E-state index in [0.717, 1.165) is 5.56 Å². The van der Waals surface area contributed by atoms with Gasteiger partial charge in [0.05, 0.1) is 23.1 Å². The van der Waals surface area contributed by atoms with Crippen LogP contribution in [0, 0.1) is 12.7 Å². The Kier molecular flexibility index (Phi) is 4.75. The Labute approximate surface area is 164 Å². The molecule has 0 radical (unpaired) electrons. The van der Waals surface area contributed by atoms with Crippen LogP contribution < -0.4 is 10.9 Å². The maximum Gasteiger partial charge on any atom is 0.266 e. The molecule has 0 fully saturated rings. The Bertz CT molecular complexity index is 1210. The Morgan fingerprint density at radius 3 is 2.57 bits per heavy atom. The van der Waals surface area contributed by atoms with Gasteiger partial charge in [-0.15, -0.1) is 11.3 Å². The van der Waals surface area contributed by atoms with Gasteiger partial charge in [-0.05, 0) is 42.3 Å². The minimum Gasteiger partial charge on any atom is -0.321 e. The van der Waals surface area contributed by atoms with Crippen molar-refractivity contribution in [2.75, 3.05) is 5.32 Å². The number of carbonyl (C=O) groups excluding carboxylic acids is 1. The van der Waals surface area contributed by atoms with Gasteiger partial charge in [-0.2, -0.15) is 0 Å². The summed E-state index contributed by atoms with van der Waals surface area (Å²) < 4.78 is 14.6. The van der Waals surface area contributed by atoms with Crippen molar-refractivity contribution in [2.45, 2.75) is 13.5 Å². The number of nitrogens with one attached hydrogen (secondary N) is 1. The average Bonchev–Trinajstić information content (AvgIpc) is 3.04. The van der Waals surface area contributed by atoms with Gasteiger partial charge in [0, 0.05) is 5.69 Å². The second-order valence-corrected chi connectivity index (χ2v) is 7.36. The lowest BCUT2D eigenvalue weighted by molar-refractivity contribution is 0.103. The van der Waals surface area contributed by atoms with E-state index in [4.69, 9.17) is 0 Å². The number of nitrogens with zero attached hydrogens (tertiary/aromatic N) is 2. The van der Waals surface area contributed by atoms with Crippen LogP contribution >= 0.6 is 11.3 Å². The standard InChI is InChI=1S/C21H16FN3O2S/c1-13-17-20(23-12-25(21(17)27)11-14-5-3-2-4-6-14)28-18(13)19(26)24-16-9-7-15(22)8-10-16/h2-10,12H,11H2,1H3,(H,24,26). The molecule has 2 heterocycles. The Morgan fingerprint density at radius 1 is 1.14 bits per heavy atom. The van der Waals surface area contributed by atoms with Crippen LogP contribution in [-0.4, -0.2) is 15.5 Å². The molecule has 0 aliphatic rings. The predicted molar refractivity (Wildman–Crippen MR) is 109 cm³/mol. The highest BCUT2D eigenvalue weighted by molar-refractivity contribution is 7.20. The van der Waals surface area contributed by atoms with Crippen molar-refractivity contribution in [2.24, 2.45) is 0 Å².